The van der Waals surface area contributed by atoms with E-state index in [9.17, 15) is 14.4 Å². The van der Waals surface area contributed by atoms with Crippen LogP contribution in [0, 0.1) is 0 Å². The molecule has 11 heteroatoms. The molecule has 0 aliphatic rings. The van der Waals surface area contributed by atoms with E-state index in [0.717, 1.165) is 53.8 Å². The highest BCUT2D eigenvalue weighted by Gasteiger charge is 2.10. The van der Waals surface area contributed by atoms with Crippen LogP contribution in [0.2, 0.25) is 0 Å². The van der Waals surface area contributed by atoms with Gasteiger partial charge in [0.1, 0.15) is 10.8 Å². The number of carbonyl (C=O) groups excluding carboxylic acids is 3. The van der Waals surface area contributed by atoms with Crippen LogP contribution < -0.4 is 27.4 Å². The highest BCUT2D eigenvalue weighted by molar-refractivity contribution is 7.15. The number of nitrogens with two attached hydrogens (primary N) is 2. The fourth-order valence-corrected chi connectivity index (χ4v) is 4.97. The third-order valence-electron chi connectivity index (χ3n) is 6.36. The number of amides is 3. The molecule has 3 rings (SSSR count). The van der Waals surface area contributed by atoms with Gasteiger partial charge in [-0.3, -0.25) is 14.4 Å². The standard InChI is InChI=1S/C32H41N7O3S/c1-2-3-18-35-28(40)21-24-12-9-13-25(19-24)22-29(41)36-27(34)17-16-26(33)14-7-8-15-31-38-39-32(43-31)37-30(42)20-23-10-5-4-6-11-23/h4-6,9-13,16-17,19H,2-3,7-8,14-15,18,20-22,33-34H2,1H3,(H,35,40)(H,36,41)(H,37,39,42)/b26-16-,27-17+. The van der Waals surface area contributed by atoms with E-state index in [0.29, 0.717) is 30.2 Å². The summed E-state index contributed by atoms with van der Waals surface area (Å²) in [6, 6.07) is 17.0. The largest absolute Gasteiger partial charge is 0.402 e. The van der Waals surface area contributed by atoms with E-state index >= 15 is 0 Å². The molecule has 7 N–H and O–H groups in total. The van der Waals surface area contributed by atoms with Crippen molar-refractivity contribution in [1.29, 1.82) is 0 Å². The second-order valence-corrected chi connectivity index (χ2v) is 11.3. The minimum atomic E-state index is -0.252. The van der Waals surface area contributed by atoms with Gasteiger partial charge in [0.05, 0.1) is 19.3 Å². The maximum Gasteiger partial charge on any atom is 0.230 e. The molecular weight excluding hydrogens is 562 g/mol. The highest BCUT2D eigenvalue weighted by atomic mass is 32.1. The van der Waals surface area contributed by atoms with Gasteiger partial charge >= 0.3 is 0 Å². The third-order valence-corrected chi connectivity index (χ3v) is 7.26. The predicted octanol–water partition coefficient (Wildman–Crippen LogP) is 3.89. The van der Waals surface area contributed by atoms with Crippen molar-refractivity contribution in [2.24, 2.45) is 11.5 Å². The molecule has 0 radical (unpaired) electrons. The molecule has 1 aromatic heterocycles. The van der Waals surface area contributed by atoms with Crippen molar-refractivity contribution >= 4 is 34.2 Å². The zero-order chi connectivity index (χ0) is 30.9. The number of carbonyl (C=O) groups is 3. The van der Waals surface area contributed by atoms with Crippen LogP contribution in [0.3, 0.4) is 0 Å². The molecule has 0 unspecified atom stereocenters. The number of allylic oxidation sites excluding steroid dienone is 3. The maximum absolute atomic E-state index is 12.5. The molecule has 3 aromatic rings. The lowest BCUT2D eigenvalue weighted by Crippen LogP contribution is -2.28. The summed E-state index contributed by atoms with van der Waals surface area (Å²) in [6.07, 6.45) is 9.06. The van der Waals surface area contributed by atoms with Gasteiger partial charge in [-0.2, -0.15) is 0 Å². The number of anilines is 1. The smallest absolute Gasteiger partial charge is 0.230 e. The van der Waals surface area contributed by atoms with Gasteiger partial charge in [0.2, 0.25) is 22.9 Å². The zero-order valence-electron chi connectivity index (χ0n) is 24.6. The average molecular weight is 604 g/mol. The maximum atomic E-state index is 12.5. The summed E-state index contributed by atoms with van der Waals surface area (Å²) in [5, 5.41) is 18.0. The molecule has 10 nitrogen and oxygen atoms in total. The van der Waals surface area contributed by atoms with Crippen LogP contribution >= 0.6 is 11.3 Å². The van der Waals surface area contributed by atoms with Crippen molar-refractivity contribution in [1.82, 2.24) is 20.8 Å². The molecular formula is C32H41N7O3S. The predicted molar refractivity (Wildman–Crippen MR) is 171 cm³/mol. The van der Waals surface area contributed by atoms with Gasteiger partial charge in [0.15, 0.2) is 0 Å². The van der Waals surface area contributed by atoms with Crippen molar-refractivity contribution in [3.05, 3.63) is 100.0 Å². The van der Waals surface area contributed by atoms with E-state index in [1.165, 1.54) is 11.3 Å². The summed E-state index contributed by atoms with van der Waals surface area (Å²) in [4.78, 5) is 36.8. The first kappa shape index (κ1) is 33.0. The Hall–Kier alpha value is -4.51. The Balaban J connectivity index is 1.34. The molecule has 0 aliphatic carbocycles. The Kier molecular flexibility index (Phi) is 13.9. The van der Waals surface area contributed by atoms with Crippen LogP contribution in [-0.4, -0.2) is 34.5 Å². The molecule has 0 bridgehead atoms. The van der Waals surface area contributed by atoms with Crippen molar-refractivity contribution in [2.75, 3.05) is 11.9 Å². The Morgan fingerprint density at radius 3 is 2.26 bits per heavy atom. The zero-order valence-corrected chi connectivity index (χ0v) is 25.4. The quantitative estimate of drug-likeness (QED) is 0.115. The first-order chi connectivity index (χ1) is 20.8. The number of nitrogens with zero attached hydrogens (tertiary/aromatic N) is 2. The summed E-state index contributed by atoms with van der Waals surface area (Å²) >= 11 is 1.37. The van der Waals surface area contributed by atoms with Gasteiger partial charge in [-0.1, -0.05) is 79.3 Å². The number of hydrogen-bond donors (Lipinski definition) is 5. The first-order valence-electron chi connectivity index (χ1n) is 14.5. The molecule has 0 saturated carbocycles. The molecule has 0 aliphatic heterocycles. The second-order valence-electron chi connectivity index (χ2n) is 10.2. The van der Waals surface area contributed by atoms with E-state index in [1.54, 1.807) is 12.2 Å². The lowest BCUT2D eigenvalue weighted by atomic mass is 10.1. The number of aromatic nitrogens is 2. The third kappa shape index (κ3) is 13.3. The van der Waals surface area contributed by atoms with Crippen LogP contribution in [0.4, 0.5) is 5.13 Å². The van der Waals surface area contributed by atoms with Gasteiger partial charge in [-0.25, -0.2) is 0 Å². The van der Waals surface area contributed by atoms with Gasteiger partial charge in [0, 0.05) is 18.7 Å². The molecule has 1 heterocycles. The number of rotatable bonds is 17. The summed E-state index contributed by atoms with van der Waals surface area (Å²) in [5.41, 5.74) is 15.3. The Labute approximate surface area is 257 Å². The van der Waals surface area contributed by atoms with Gasteiger partial charge in [-0.05, 0) is 54.5 Å². The molecule has 43 heavy (non-hydrogen) atoms. The van der Waals surface area contributed by atoms with E-state index in [4.69, 9.17) is 11.5 Å². The lowest BCUT2D eigenvalue weighted by Gasteiger charge is -2.08. The SMILES string of the molecule is CCCCNC(=O)Cc1cccc(CC(=O)N/C(N)=C/C=C(\N)CCCCc2nnc(NC(=O)Cc3ccccc3)s2)c1. The first-order valence-corrected chi connectivity index (χ1v) is 15.3. The van der Waals surface area contributed by atoms with E-state index in [-0.39, 0.29) is 36.4 Å². The molecule has 3 amide bonds. The van der Waals surface area contributed by atoms with E-state index in [1.807, 2.05) is 54.6 Å². The van der Waals surface area contributed by atoms with Crippen molar-refractivity contribution in [2.45, 2.75) is 64.7 Å². The fraction of sp³-hybridized carbons (Fsp3) is 0.344. The number of unbranched alkanes of at least 4 members (excludes halogenated alkanes) is 2. The molecule has 2 aromatic carbocycles. The molecule has 0 fully saturated rings. The average Bonchev–Trinajstić information content (AvgIpc) is 3.41. The van der Waals surface area contributed by atoms with E-state index < -0.39 is 0 Å². The Morgan fingerprint density at radius 2 is 1.51 bits per heavy atom. The van der Waals surface area contributed by atoms with Crippen LogP contribution in [0.25, 0.3) is 0 Å². The minimum absolute atomic E-state index is 0.0268. The lowest BCUT2D eigenvalue weighted by molar-refractivity contribution is -0.120. The number of hydrogen-bond acceptors (Lipinski definition) is 8. The number of benzene rings is 2. The summed E-state index contributed by atoms with van der Waals surface area (Å²) in [6.45, 7) is 2.75. The normalized spacial score (nSPS) is 11.7. The monoisotopic (exact) mass is 603 g/mol. The molecule has 0 atom stereocenters. The fourth-order valence-electron chi connectivity index (χ4n) is 4.17. The minimum Gasteiger partial charge on any atom is -0.402 e. The Bertz CT molecular complexity index is 1400. The number of aryl methyl sites for hydroxylation is 1. The molecule has 228 valence electrons. The van der Waals surface area contributed by atoms with Gasteiger partial charge < -0.3 is 27.4 Å². The van der Waals surface area contributed by atoms with Crippen LogP contribution in [0.15, 0.2) is 78.3 Å². The van der Waals surface area contributed by atoms with Crippen molar-refractivity contribution < 1.29 is 14.4 Å². The van der Waals surface area contributed by atoms with E-state index in [2.05, 4.69) is 33.1 Å². The van der Waals surface area contributed by atoms with Crippen LogP contribution in [0.5, 0.6) is 0 Å². The van der Waals surface area contributed by atoms with Crippen LogP contribution in [-0.2, 0) is 40.1 Å². The number of nitrogens with one attached hydrogen (secondary N) is 3. The molecule has 0 spiro atoms. The highest BCUT2D eigenvalue weighted by Crippen LogP contribution is 2.18. The topological polar surface area (TPSA) is 165 Å². The van der Waals surface area contributed by atoms with Crippen molar-refractivity contribution in [3.8, 4) is 0 Å². The molecule has 0 saturated heterocycles. The second kappa shape index (κ2) is 18.1. The summed E-state index contributed by atoms with van der Waals surface area (Å²) in [7, 11) is 0. The van der Waals surface area contributed by atoms with Crippen LogP contribution in [0.1, 0.15) is 60.7 Å². The summed E-state index contributed by atoms with van der Waals surface area (Å²) < 4.78 is 0. The van der Waals surface area contributed by atoms with Gasteiger partial charge in [0.25, 0.3) is 0 Å². The van der Waals surface area contributed by atoms with Crippen molar-refractivity contribution in [3.63, 3.8) is 0 Å². The van der Waals surface area contributed by atoms with Gasteiger partial charge in [-0.15, -0.1) is 10.2 Å². The Morgan fingerprint density at radius 1 is 0.814 bits per heavy atom. The summed E-state index contributed by atoms with van der Waals surface area (Å²) in [5.74, 6) is -0.197.